The maximum Gasteiger partial charge on any atom is 0.137 e. The lowest BCUT2D eigenvalue weighted by atomic mass is 9.82. The first-order valence-corrected chi connectivity index (χ1v) is 12.7. The predicted octanol–water partition coefficient (Wildman–Crippen LogP) is 5.00. The number of hydrazone groups is 1. The van der Waals surface area contributed by atoms with Gasteiger partial charge in [-0.3, -0.25) is 0 Å². The molecule has 1 aliphatic heterocycles. The minimum absolute atomic E-state index is 0.0978. The number of nitrogens with zero attached hydrogens (tertiary/aromatic N) is 5. The lowest BCUT2D eigenvalue weighted by Gasteiger charge is -2.31. The van der Waals surface area contributed by atoms with E-state index in [-0.39, 0.29) is 28.4 Å². The van der Waals surface area contributed by atoms with Crippen LogP contribution in [0.4, 0.5) is 14.5 Å². The smallest absolute Gasteiger partial charge is 0.137 e. The Morgan fingerprint density at radius 1 is 1.06 bits per heavy atom. The minimum atomic E-state index is -1.89. The van der Waals surface area contributed by atoms with Crippen LogP contribution in [0.25, 0.3) is 5.57 Å². The van der Waals surface area contributed by atoms with Crippen LogP contribution in [0.2, 0.25) is 0 Å². The number of para-hydroxylation sites is 1. The molecule has 36 heavy (non-hydrogen) atoms. The highest BCUT2D eigenvalue weighted by Crippen LogP contribution is 2.39. The molecule has 4 aromatic rings. The van der Waals surface area contributed by atoms with E-state index in [1.54, 1.807) is 0 Å². The van der Waals surface area contributed by atoms with E-state index in [2.05, 4.69) is 28.0 Å². The average molecular weight is 504 g/mol. The van der Waals surface area contributed by atoms with E-state index in [4.69, 9.17) is 0 Å². The van der Waals surface area contributed by atoms with Crippen molar-refractivity contribution in [2.24, 2.45) is 5.10 Å². The summed E-state index contributed by atoms with van der Waals surface area (Å²) in [7, 11) is -0.289. The minimum Gasteiger partial charge on any atom is -0.378 e. The molecule has 6 nitrogen and oxygen atoms in total. The van der Waals surface area contributed by atoms with Gasteiger partial charge in [0.05, 0.1) is 18.4 Å². The third kappa shape index (κ3) is 4.38. The molecule has 0 aliphatic carbocycles. The lowest BCUT2D eigenvalue weighted by Crippen LogP contribution is -2.34. The van der Waals surface area contributed by atoms with Crippen LogP contribution in [-0.4, -0.2) is 37.2 Å². The van der Waals surface area contributed by atoms with Crippen molar-refractivity contribution < 1.29 is 13.9 Å². The standard InChI is InChI=1S/C27H23F2N5OS/c1-19(27(35,16-33-18-30-17-32-33)24-13-12-22(28)14-25(24)29)20-8-10-21(11-9-20)26-15-31-34(36(26)2)23-6-4-3-5-7-23/h3-15,17-18,35H,1,16H2,2H3. The van der Waals surface area contributed by atoms with E-state index in [0.717, 1.165) is 28.2 Å². The highest BCUT2D eigenvalue weighted by molar-refractivity contribution is 8.18. The topological polar surface area (TPSA) is 66.5 Å². The maximum absolute atomic E-state index is 14.8. The molecule has 0 saturated carbocycles. The lowest BCUT2D eigenvalue weighted by molar-refractivity contribution is 0.0726. The van der Waals surface area contributed by atoms with Crippen molar-refractivity contribution in [2.45, 2.75) is 12.1 Å². The Morgan fingerprint density at radius 2 is 1.81 bits per heavy atom. The zero-order valence-electron chi connectivity index (χ0n) is 19.4. The fourth-order valence-electron chi connectivity index (χ4n) is 4.16. The quantitative estimate of drug-likeness (QED) is 0.361. The molecular formula is C27H23F2N5OS. The summed E-state index contributed by atoms with van der Waals surface area (Å²) in [6.07, 6.45) is 6.70. The van der Waals surface area contributed by atoms with Crippen LogP contribution in [0.5, 0.6) is 0 Å². The van der Waals surface area contributed by atoms with Crippen molar-refractivity contribution in [3.8, 4) is 0 Å². The Bertz CT molecular complexity index is 1470. The van der Waals surface area contributed by atoms with Crippen LogP contribution in [0.15, 0.2) is 97.1 Å². The summed E-state index contributed by atoms with van der Waals surface area (Å²) in [4.78, 5) is 4.97. The summed E-state index contributed by atoms with van der Waals surface area (Å²) in [5.74, 6) is -1.60. The summed E-state index contributed by atoms with van der Waals surface area (Å²) in [6, 6.07) is 20.5. The highest BCUT2D eigenvalue weighted by Gasteiger charge is 2.37. The third-order valence-electron chi connectivity index (χ3n) is 6.09. The van der Waals surface area contributed by atoms with Gasteiger partial charge < -0.3 is 5.11 Å². The van der Waals surface area contributed by atoms with Crippen molar-refractivity contribution in [2.75, 3.05) is 10.7 Å². The van der Waals surface area contributed by atoms with Crippen molar-refractivity contribution in [1.29, 1.82) is 0 Å². The summed E-state index contributed by atoms with van der Waals surface area (Å²) < 4.78 is 31.8. The summed E-state index contributed by atoms with van der Waals surface area (Å²) >= 11 is 0. The Labute approximate surface area is 209 Å². The molecule has 1 aromatic heterocycles. The molecule has 1 N–H and O–H groups in total. The first kappa shape index (κ1) is 23.8. The molecule has 5 rings (SSSR count). The van der Waals surface area contributed by atoms with Crippen LogP contribution in [0.3, 0.4) is 0 Å². The first-order chi connectivity index (χ1) is 17.4. The van der Waals surface area contributed by atoms with Gasteiger partial charge in [-0.1, -0.05) is 59.7 Å². The van der Waals surface area contributed by atoms with Gasteiger partial charge in [0.25, 0.3) is 0 Å². The maximum atomic E-state index is 14.8. The van der Waals surface area contributed by atoms with Crippen LogP contribution >= 0.6 is 10.7 Å². The molecule has 2 unspecified atom stereocenters. The Hall–Kier alpha value is -3.95. The molecule has 0 radical (unpaired) electrons. The van der Waals surface area contributed by atoms with Gasteiger partial charge in [0.2, 0.25) is 0 Å². The fraction of sp³-hybridized carbons (Fsp3) is 0.111. The molecule has 0 saturated heterocycles. The van der Waals surface area contributed by atoms with Crippen LogP contribution in [0, 0.1) is 11.6 Å². The van der Waals surface area contributed by atoms with E-state index < -0.39 is 17.2 Å². The second-order valence-electron chi connectivity index (χ2n) is 8.33. The summed E-state index contributed by atoms with van der Waals surface area (Å²) in [5, 5.41) is 20.4. The molecular weight excluding hydrogens is 480 g/mol. The first-order valence-electron chi connectivity index (χ1n) is 11.1. The number of benzene rings is 3. The normalized spacial score (nSPS) is 16.8. The second-order valence-corrected chi connectivity index (χ2v) is 10.1. The number of aliphatic hydroxyl groups is 1. The molecule has 3 aromatic carbocycles. The molecule has 0 bridgehead atoms. The van der Waals surface area contributed by atoms with Gasteiger partial charge in [-0.15, -0.1) is 0 Å². The van der Waals surface area contributed by atoms with E-state index >= 15 is 0 Å². The molecule has 0 spiro atoms. The zero-order chi connectivity index (χ0) is 25.3. The van der Waals surface area contributed by atoms with Gasteiger partial charge in [0.15, 0.2) is 0 Å². The summed E-state index contributed by atoms with van der Waals surface area (Å²) in [6.45, 7) is 3.95. The molecule has 9 heteroatoms. The van der Waals surface area contributed by atoms with Gasteiger partial charge >= 0.3 is 0 Å². The number of halogens is 2. The van der Waals surface area contributed by atoms with Gasteiger partial charge in [0, 0.05) is 16.5 Å². The molecule has 1 aliphatic rings. The number of hydrogen-bond acceptors (Lipinski definition) is 5. The largest absolute Gasteiger partial charge is 0.378 e. The third-order valence-corrected chi connectivity index (χ3v) is 7.89. The molecule has 0 fully saturated rings. The van der Waals surface area contributed by atoms with E-state index in [9.17, 15) is 13.9 Å². The van der Waals surface area contributed by atoms with E-state index in [0.29, 0.717) is 5.56 Å². The summed E-state index contributed by atoms with van der Waals surface area (Å²) in [5.41, 5.74) is 0.859. The number of hydrogen-bond donors (Lipinski definition) is 1. The predicted molar refractivity (Wildman–Crippen MR) is 141 cm³/mol. The van der Waals surface area contributed by atoms with E-state index in [1.165, 1.54) is 23.4 Å². The van der Waals surface area contributed by atoms with Gasteiger partial charge in [-0.2, -0.15) is 10.2 Å². The Kier molecular flexibility index (Phi) is 6.34. The molecule has 2 heterocycles. The number of aromatic nitrogens is 3. The van der Waals surface area contributed by atoms with Gasteiger partial charge in [0.1, 0.15) is 29.9 Å². The fourth-order valence-corrected chi connectivity index (χ4v) is 5.65. The van der Waals surface area contributed by atoms with Crippen LogP contribution in [-0.2, 0) is 12.1 Å². The zero-order valence-corrected chi connectivity index (χ0v) is 20.2. The van der Waals surface area contributed by atoms with Crippen LogP contribution in [0.1, 0.15) is 16.7 Å². The van der Waals surface area contributed by atoms with Gasteiger partial charge in [-0.05, 0) is 47.2 Å². The van der Waals surface area contributed by atoms with Crippen molar-refractivity contribution in [3.63, 3.8) is 0 Å². The highest BCUT2D eigenvalue weighted by atomic mass is 32.2. The molecule has 2 atom stereocenters. The van der Waals surface area contributed by atoms with Crippen molar-refractivity contribution in [1.82, 2.24) is 14.8 Å². The van der Waals surface area contributed by atoms with Crippen LogP contribution < -0.4 is 4.41 Å². The van der Waals surface area contributed by atoms with Crippen molar-refractivity contribution >= 4 is 33.0 Å². The van der Waals surface area contributed by atoms with Crippen molar-refractivity contribution in [3.05, 3.63) is 120 Å². The van der Waals surface area contributed by atoms with Gasteiger partial charge in [-0.25, -0.2) is 22.9 Å². The molecule has 0 amide bonds. The Balaban J connectivity index is 1.48. The molecule has 182 valence electrons. The Morgan fingerprint density at radius 3 is 2.47 bits per heavy atom. The second kappa shape index (κ2) is 9.60. The average Bonchev–Trinajstić information content (AvgIpc) is 3.53. The van der Waals surface area contributed by atoms with E-state index in [1.807, 2.05) is 65.2 Å². The number of anilines is 1. The monoisotopic (exact) mass is 503 g/mol. The number of rotatable bonds is 7. The SMILES string of the molecule is C=C(c1ccc(C2=S(C)N(c3ccccc3)N=C2)cc1)C(O)(Cn1cncn1)c1ccc(F)cc1F.